The largest absolute Gasteiger partial charge is 0.468 e. The van der Waals surface area contributed by atoms with Crippen molar-refractivity contribution in [2.75, 3.05) is 14.2 Å². The van der Waals surface area contributed by atoms with Gasteiger partial charge in [0, 0.05) is 0 Å². The van der Waals surface area contributed by atoms with Crippen LogP contribution in [0.5, 0.6) is 0 Å². The van der Waals surface area contributed by atoms with Crippen molar-refractivity contribution in [2.45, 2.75) is 46.7 Å². The van der Waals surface area contributed by atoms with Gasteiger partial charge in [-0.05, 0) is 12.8 Å². The molecule has 1 saturated carbocycles. The topological polar surface area (TPSA) is 52.6 Å². The van der Waals surface area contributed by atoms with Gasteiger partial charge in [-0.1, -0.05) is 19.3 Å². The van der Waals surface area contributed by atoms with Crippen LogP contribution < -0.4 is 0 Å². The lowest BCUT2D eigenvalue weighted by atomic mass is 10.00. The van der Waals surface area contributed by atoms with Crippen LogP contribution in [-0.2, 0) is 19.1 Å². The van der Waals surface area contributed by atoms with Crippen molar-refractivity contribution in [3.63, 3.8) is 0 Å². The van der Waals surface area contributed by atoms with Crippen molar-refractivity contribution < 1.29 is 19.1 Å². The third-order valence-electron chi connectivity index (χ3n) is 3.44. The van der Waals surface area contributed by atoms with E-state index in [4.69, 9.17) is 9.47 Å². The van der Waals surface area contributed by atoms with E-state index < -0.39 is 10.5 Å². The fraction of sp³-hybridized carbons (Fsp3) is 0.833. The Hall–Kier alpha value is -0.360. The van der Waals surface area contributed by atoms with Gasteiger partial charge in [0.25, 0.3) is 0 Å². The van der Waals surface area contributed by atoms with E-state index in [2.05, 4.69) is 0 Å². The molecule has 1 aliphatic heterocycles. The van der Waals surface area contributed by atoms with E-state index in [0.29, 0.717) is 0 Å². The standard InChI is InChI=1S/C12H18O4S2/c1-15-10(13)8-9(11(14)16-2)18-12(17-8)6-4-3-5-7-12/h8-9H,3-7H2,1-2H3/t8-,9+. The van der Waals surface area contributed by atoms with E-state index in [-0.39, 0.29) is 16.0 Å². The first-order valence-corrected chi connectivity index (χ1v) is 7.89. The Morgan fingerprint density at radius 3 is 1.78 bits per heavy atom. The summed E-state index contributed by atoms with van der Waals surface area (Å²) in [5, 5.41) is -0.851. The molecule has 2 fully saturated rings. The lowest BCUT2D eigenvalue weighted by Crippen LogP contribution is -2.33. The Morgan fingerprint density at radius 1 is 0.944 bits per heavy atom. The molecule has 1 saturated heterocycles. The first-order chi connectivity index (χ1) is 8.62. The number of thioether (sulfide) groups is 2. The first kappa shape index (κ1) is 14.1. The Kier molecular flexibility index (Phi) is 4.48. The number of carbonyl (C=O) groups excluding carboxylic acids is 2. The highest BCUT2D eigenvalue weighted by Crippen LogP contribution is 2.59. The van der Waals surface area contributed by atoms with Crippen LogP contribution >= 0.6 is 23.5 Å². The Labute approximate surface area is 116 Å². The van der Waals surface area contributed by atoms with Crippen LogP contribution in [0.1, 0.15) is 32.1 Å². The van der Waals surface area contributed by atoms with Gasteiger partial charge in [0.2, 0.25) is 0 Å². The summed E-state index contributed by atoms with van der Waals surface area (Å²) < 4.78 is 9.63. The number of esters is 2. The van der Waals surface area contributed by atoms with Crippen molar-refractivity contribution in [1.29, 1.82) is 0 Å². The van der Waals surface area contributed by atoms with Gasteiger partial charge in [-0.15, -0.1) is 23.5 Å². The molecule has 102 valence electrons. The second-order valence-electron chi connectivity index (χ2n) is 4.59. The number of rotatable bonds is 2. The number of carbonyl (C=O) groups is 2. The Balaban J connectivity index is 2.16. The molecule has 18 heavy (non-hydrogen) atoms. The predicted octanol–water partition coefficient (Wildman–Crippen LogP) is 2.21. The molecule has 0 amide bonds. The molecule has 0 aromatic heterocycles. The second-order valence-corrected chi connectivity index (χ2v) is 7.90. The van der Waals surface area contributed by atoms with Gasteiger partial charge in [0.1, 0.15) is 10.5 Å². The van der Waals surface area contributed by atoms with Gasteiger partial charge in [-0.2, -0.15) is 0 Å². The fourth-order valence-electron chi connectivity index (χ4n) is 2.52. The van der Waals surface area contributed by atoms with Gasteiger partial charge in [0.15, 0.2) is 0 Å². The molecule has 4 nitrogen and oxygen atoms in total. The molecule has 6 heteroatoms. The predicted molar refractivity (Wildman–Crippen MR) is 72.6 cm³/mol. The number of hydrogen-bond acceptors (Lipinski definition) is 6. The van der Waals surface area contributed by atoms with Crippen LogP contribution in [-0.4, -0.2) is 40.7 Å². The molecule has 0 aromatic rings. The van der Waals surface area contributed by atoms with Gasteiger partial charge < -0.3 is 9.47 Å². The monoisotopic (exact) mass is 290 g/mol. The van der Waals surface area contributed by atoms with Crippen molar-refractivity contribution in [3.8, 4) is 0 Å². The highest BCUT2D eigenvalue weighted by Gasteiger charge is 2.53. The average molecular weight is 290 g/mol. The van der Waals surface area contributed by atoms with Gasteiger partial charge in [-0.25, -0.2) is 0 Å². The number of hydrogen-bond donors (Lipinski definition) is 0. The lowest BCUT2D eigenvalue weighted by Gasteiger charge is -2.31. The molecule has 2 atom stereocenters. The molecule has 2 rings (SSSR count). The van der Waals surface area contributed by atoms with E-state index in [1.165, 1.54) is 33.5 Å². The van der Waals surface area contributed by atoms with E-state index in [1.807, 2.05) is 0 Å². The maximum atomic E-state index is 11.8. The van der Waals surface area contributed by atoms with Crippen LogP contribution in [0.15, 0.2) is 0 Å². The van der Waals surface area contributed by atoms with Crippen molar-refractivity contribution >= 4 is 35.5 Å². The van der Waals surface area contributed by atoms with Crippen molar-refractivity contribution in [3.05, 3.63) is 0 Å². The first-order valence-electron chi connectivity index (χ1n) is 6.13. The lowest BCUT2D eigenvalue weighted by molar-refractivity contribution is -0.145. The molecule has 1 heterocycles. The highest BCUT2D eigenvalue weighted by atomic mass is 32.2. The summed E-state index contributed by atoms with van der Waals surface area (Å²) in [7, 11) is 2.74. The second kappa shape index (κ2) is 5.74. The Morgan fingerprint density at radius 2 is 1.39 bits per heavy atom. The van der Waals surface area contributed by atoms with Crippen LogP contribution in [0.25, 0.3) is 0 Å². The van der Waals surface area contributed by atoms with Crippen molar-refractivity contribution in [2.24, 2.45) is 0 Å². The van der Waals surface area contributed by atoms with Crippen LogP contribution in [0.2, 0.25) is 0 Å². The van der Waals surface area contributed by atoms with E-state index in [9.17, 15) is 9.59 Å². The zero-order valence-corrected chi connectivity index (χ0v) is 12.3. The molecule has 0 N–H and O–H groups in total. The smallest absolute Gasteiger partial charge is 0.320 e. The summed E-state index contributed by atoms with van der Waals surface area (Å²) in [6, 6.07) is 0. The zero-order valence-electron chi connectivity index (χ0n) is 10.6. The van der Waals surface area contributed by atoms with Crippen molar-refractivity contribution in [1.82, 2.24) is 0 Å². The quantitative estimate of drug-likeness (QED) is 0.727. The summed E-state index contributed by atoms with van der Waals surface area (Å²) in [5.74, 6) is -0.629. The highest BCUT2D eigenvalue weighted by molar-refractivity contribution is 8.22. The third-order valence-corrected chi connectivity index (χ3v) is 7.30. The normalized spacial score (nSPS) is 30.1. The summed E-state index contributed by atoms with van der Waals surface area (Å²) in [4.78, 5) is 23.6. The maximum Gasteiger partial charge on any atom is 0.320 e. The molecule has 1 aliphatic carbocycles. The van der Waals surface area contributed by atoms with E-state index in [0.717, 1.165) is 12.8 Å². The molecule has 0 unspecified atom stereocenters. The molecule has 0 aromatic carbocycles. The van der Waals surface area contributed by atoms with Crippen LogP contribution in [0, 0.1) is 0 Å². The molecular weight excluding hydrogens is 272 g/mol. The van der Waals surface area contributed by atoms with Crippen LogP contribution in [0.4, 0.5) is 0 Å². The average Bonchev–Trinajstić information content (AvgIpc) is 2.77. The minimum atomic E-state index is -0.425. The third kappa shape index (κ3) is 2.64. The number of ether oxygens (including phenoxy) is 2. The molecule has 0 radical (unpaired) electrons. The zero-order chi connectivity index (χ0) is 13.2. The summed E-state index contributed by atoms with van der Waals surface area (Å²) in [5.41, 5.74) is 0. The van der Waals surface area contributed by atoms with Crippen LogP contribution in [0.3, 0.4) is 0 Å². The summed E-state index contributed by atoms with van der Waals surface area (Å²) >= 11 is 3.21. The van der Waals surface area contributed by atoms with Gasteiger partial charge in [-0.3, -0.25) is 9.59 Å². The minimum absolute atomic E-state index is 0.00988. The fourth-order valence-corrected chi connectivity index (χ4v) is 6.52. The molecule has 0 bridgehead atoms. The SMILES string of the molecule is COC(=O)[C@H]1SC2(CCCCC2)S[C@H]1C(=O)OC. The molecule has 2 aliphatic rings. The van der Waals surface area contributed by atoms with Gasteiger partial charge in [0.05, 0.1) is 18.3 Å². The van der Waals surface area contributed by atoms with E-state index >= 15 is 0 Å². The summed E-state index contributed by atoms with van der Waals surface area (Å²) in [6.07, 6.45) is 5.70. The minimum Gasteiger partial charge on any atom is -0.468 e. The summed E-state index contributed by atoms with van der Waals surface area (Å²) in [6.45, 7) is 0. The molecule has 1 spiro atoms. The van der Waals surface area contributed by atoms with Gasteiger partial charge >= 0.3 is 11.9 Å². The number of methoxy groups -OCH3 is 2. The molecular formula is C12H18O4S2. The Bertz CT molecular complexity index is 313. The van der Waals surface area contributed by atoms with E-state index in [1.54, 1.807) is 23.5 Å². The maximum absolute atomic E-state index is 11.8.